The van der Waals surface area contributed by atoms with Crippen molar-refractivity contribution in [3.63, 3.8) is 0 Å². The number of carbonyl (C=O) groups excluding carboxylic acids is 2. The van der Waals surface area contributed by atoms with Crippen LogP contribution in [0, 0.1) is 12.8 Å². The van der Waals surface area contributed by atoms with Crippen LogP contribution >= 0.6 is 0 Å². The Morgan fingerprint density at radius 2 is 2.05 bits per heavy atom. The Morgan fingerprint density at radius 1 is 1.30 bits per heavy atom. The summed E-state index contributed by atoms with van der Waals surface area (Å²) in [6, 6.07) is 6.90. The summed E-state index contributed by atoms with van der Waals surface area (Å²) in [6.07, 6.45) is 0.876. The summed E-state index contributed by atoms with van der Waals surface area (Å²) in [5, 5.41) is 4.85. The number of benzene rings is 1. The molecular formula is C15H22N2O3. The van der Waals surface area contributed by atoms with Crippen LogP contribution in [0.5, 0.6) is 5.75 Å². The fourth-order valence-corrected chi connectivity index (χ4v) is 1.54. The number of ether oxygens (including phenoxy) is 1. The molecule has 0 fully saturated rings. The number of urea groups is 1. The van der Waals surface area contributed by atoms with Crippen LogP contribution in [-0.4, -0.2) is 25.1 Å². The van der Waals surface area contributed by atoms with Crippen molar-refractivity contribution in [1.82, 2.24) is 10.6 Å². The van der Waals surface area contributed by atoms with Crippen LogP contribution < -0.4 is 15.4 Å². The molecule has 0 saturated heterocycles. The lowest BCUT2D eigenvalue weighted by molar-refractivity contribution is -0.122. The average molecular weight is 278 g/mol. The van der Waals surface area contributed by atoms with Gasteiger partial charge in [0.05, 0.1) is 0 Å². The Hall–Kier alpha value is -2.04. The number of hydrogen-bond donors (Lipinski definition) is 2. The van der Waals surface area contributed by atoms with Crippen molar-refractivity contribution < 1.29 is 14.3 Å². The highest BCUT2D eigenvalue weighted by atomic mass is 16.5. The van der Waals surface area contributed by atoms with E-state index in [-0.39, 0.29) is 6.61 Å². The number of nitrogens with one attached hydrogen (secondary N) is 2. The SMILES string of the molecule is Cc1cccc(OCC(=O)NC(=O)NCCC(C)C)c1. The zero-order valence-electron chi connectivity index (χ0n) is 12.2. The molecule has 5 heteroatoms. The zero-order valence-corrected chi connectivity index (χ0v) is 12.2. The van der Waals surface area contributed by atoms with Crippen molar-refractivity contribution in [3.8, 4) is 5.75 Å². The van der Waals surface area contributed by atoms with E-state index in [4.69, 9.17) is 4.74 Å². The zero-order chi connectivity index (χ0) is 15.0. The fourth-order valence-electron chi connectivity index (χ4n) is 1.54. The number of hydrogen-bond acceptors (Lipinski definition) is 3. The molecule has 5 nitrogen and oxygen atoms in total. The van der Waals surface area contributed by atoms with Gasteiger partial charge in [0, 0.05) is 6.54 Å². The van der Waals surface area contributed by atoms with Gasteiger partial charge in [0.1, 0.15) is 5.75 Å². The number of amides is 3. The van der Waals surface area contributed by atoms with Crippen LogP contribution in [0.4, 0.5) is 4.79 Å². The first-order chi connectivity index (χ1) is 9.47. The van der Waals surface area contributed by atoms with Crippen molar-refractivity contribution in [1.29, 1.82) is 0 Å². The molecule has 1 rings (SSSR count). The second kappa shape index (κ2) is 8.19. The van der Waals surface area contributed by atoms with Gasteiger partial charge >= 0.3 is 6.03 Å². The van der Waals surface area contributed by atoms with E-state index < -0.39 is 11.9 Å². The summed E-state index contributed by atoms with van der Waals surface area (Å²) < 4.78 is 5.30. The lowest BCUT2D eigenvalue weighted by atomic mass is 10.1. The third-order valence-electron chi connectivity index (χ3n) is 2.62. The molecule has 0 aliphatic heterocycles. The van der Waals surface area contributed by atoms with Gasteiger partial charge in [-0.25, -0.2) is 4.79 Å². The van der Waals surface area contributed by atoms with Gasteiger partial charge < -0.3 is 10.1 Å². The normalized spacial score (nSPS) is 10.2. The Morgan fingerprint density at radius 3 is 2.70 bits per heavy atom. The highest BCUT2D eigenvalue weighted by molar-refractivity contribution is 5.94. The molecule has 20 heavy (non-hydrogen) atoms. The molecule has 0 saturated carbocycles. The van der Waals surface area contributed by atoms with Gasteiger partial charge in [-0.1, -0.05) is 26.0 Å². The van der Waals surface area contributed by atoms with Gasteiger partial charge in [0.15, 0.2) is 6.61 Å². The highest BCUT2D eigenvalue weighted by Gasteiger charge is 2.08. The molecule has 0 spiro atoms. The van der Waals surface area contributed by atoms with E-state index in [9.17, 15) is 9.59 Å². The Balaban J connectivity index is 2.24. The summed E-state index contributed by atoms with van der Waals surface area (Å²) in [7, 11) is 0. The fraction of sp³-hybridized carbons (Fsp3) is 0.467. The van der Waals surface area contributed by atoms with Crippen molar-refractivity contribution in [2.24, 2.45) is 5.92 Å². The maximum absolute atomic E-state index is 11.5. The largest absolute Gasteiger partial charge is 0.484 e. The van der Waals surface area contributed by atoms with Crippen LogP contribution in [0.2, 0.25) is 0 Å². The number of aryl methyl sites for hydroxylation is 1. The minimum absolute atomic E-state index is 0.180. The van der Waals surface area contributed by atoms with Gasteiger partial charge in [0.25, 0.3) is 5.91 Å². The van der Waals surface area contributed by atoms with Crippen LogP contribution in [0.1, 0.15) is 25.8 Å². The molecule has 0 aromatic heterocycles. The second-order valence-corrected chi connectivity index (χ2v) is 5.09. The van der Waals surface area contributed by atoms with E-state index in [1.54, 1.807) is 6.07 Å². The Kier molecular flexibility index (Phi) is 6.56. The van der Waals surface area contributed by atoms with Crippen molar-refractivity contribution >= 4 is 11.9 Å². The summed E-state index contributed by atoms with van der Waals surface area (Å²) in [4.78, 5) is 22.9. The third kappa shape index (κ3) is 6.78. The highest BCUT2D eigenvalue weighted by Crippen LogP contribution is 2.11. The van der Waals surface area contributed by atoms with Gasteiger partial charge in [-0.05, 0) is 37.0 Å². The summed E-state index contributed by atoms with van der Waals surface area (Å²) in [5.74, 6) is 0.657. The Labute approximate surface area is 119 Å². The molecule has 2 N–H and O–H groups in total. The third-order valence-corrected chi connectivity index (χ3v) is 2.62. The van der Waals surface area contributed by atoms with Gasteiger partial charge in [-0.2, -0.15) is 0 Å². The molecule has 1 aromatic carbocycles. The van der Waals surface area contributed by atoms with E-state index in [2.05, 4.69) is 24.5 Å². The smallest absolute Gasteiger partial charge is 0.321 e. The van der Waals surface area contributed by atoms with Gasteiger partial charge in [0.2, 0.25) is 0 Å². The maximum atomic E-state index is 11.5. The van der Waals surface area contributed by atoms with Gasteiger partial charge in [-0.15, -0.1) is 0 Å². The van der Waals surface area contributed by atoms with E-state index in [1.165, 1.54) is 0 Å². The molecule has 0 aliphatic rings. The van der Waals surface area contributed by atoms with Crippen LogP contribution in [0.15, 0.2) is 24.3 Å². The lowest BCUT2D eigenvalue weighted by Crippen LogP contribution is -2.42. The maximum Gasteiger partial charge on any atom is 0.321 e. The molecule has 110 valence electrons. The topological polar surface area (TPSA) is 67.4 Å². The van der Waals surface area contributed by atoms with E-state index in [1.807, 2.05) is 25.1 Å². The van der Waals surface area contributed by atoms with E-state index in [0.29, 0.717) is 18.2 Å². The lowest BCUT2D eigenvalue weighted by Gasteiger charge is -2.09. The number of carbonyl (C=O) groups is 2. The Bertz CT molecular complexity index is 458. The van der Waals surface area contributed by atoms with E-state index >= 15 is 0 Å². The standard InChI is InChI=1S/C15H22N2O3/c1-11(2)7-8-16-15(19)17-14(18)10-20-13-6-4-5-12(3)9-13/h4-6,9,11H,7-8,10H2,1-3H3,(H2,16,17,18,19). The first-order valence-electron chi connectivity index (χ1n) is 6.74. The quantitative estimate of drug-likeness (QED) is 0.838. The molecular weight excluding hydrogens is 256 g/mol. The molecule has 0 bridgehead atoms. The van der Waals surface area contributed by atoms with Crippen molar-refractivity contribution in [2.45, 2.75) is 27.2 Å². The molecule has 0 aliphatic carbocycles. The first kappa shape index (κ1) is 16.0. The van der Waals surface area contributed by atoms with E-state index in [0.717, 1.165) is 12.0 Å². The molecule has 1 aromatic rings. The summed E-state index contributed by atoms with van der Waals surface area (Å²) in [6.45, 7) is 6.45. The van der Waals surface area contributed by atoms with Crippen LogP contribution in [0.3, 0.4) is 0 Å². The van der Waals surface area contributed by atoms with Crippen molar-refractivity contribution in [3.05, 3.63) is 29.8 Å². The number of rotatable bonds is 6. The average Bonchev–Trinajstić information content (AvgIpc) is 2.36. The van der Waals surface area contributed by atoms with Crippen molar-refractivity contribution in [2.75, 3.05) is 13.2 Å². The molecule has 0 heterocycles. The molecule has 3 amide bonds. The second-order valence-electron chi connectivity index (χ2n) is 5.09. The van der Waals surface area contributed by atoms with Crippen LogP contribution in [-0.2, 0) is 4.79 Å². The molecule has 0 radical (unpaired) electrons. The first-order valence-corrected chi connectivity index (χ1v) is 6.74. The number of imide groups is 1. The molecule has 0 unspecified atom stereocenters. The summed E-state index contributed by atoms with van der Waals surface area (Å²) >= 11 is 0. The monoisotopic (exact) mass is 278 g/mol. The molecule has 0 atom stereocenters. The minimum atomic E-state index is -0.483. The van der Waals surface area contributed by atoms with Gasteiger partial charge in [-0.3, -0.25) is 10.1 Å². The predicted molar refractivity (Wildman–Crippen MR) is 77.7 cm³/mol. The summed E-state index contributed by atoms with van der Waals surface area (Å²) in [5.41, 5.74) is 1.05. The predicted octanol–water partition coefficient (Wildman–Crippen LogP) is 2.25. The van der Waals surface area contributed by atoms with Crippen LogP contribution in [0.25, 0.3) is 0 Å². The minimum Gasteiger partial charge on any atom is -0.484 e.